The number of carboxylic acids is 1. The number of nitrogens with zero attached hydrogens (tertiary/aromatic N) is 7. The van der Waals surface area contributed by atoms with Crippen molar-refractivity contribution in [2.45, 2.75) is 61.1 Å². The minimum atomic E-state index is -5.15. The number of tetrazole rings is 1. The third-order valence-corrected chi connectivity index (χ3v) is 9.83. The molecule has 238 valence electrons. The summed E-state index contributed by atoms with van der Waals surface area (Å²) >= 11 is 3.01. The third kappa shape index (κ3) is 7.07. The number of oxime groups is 1. The Kier molecular flexibility index (Phi) is 9.64. The minimum absolute atomic E-state index is 0.115. The maximum atomic E-state index is 13.4. The van der Waals surface area contributed by atoms with Crippen LogP contribution in [0.1, 0.15) is 31.4 Å². The van der Waals surface area contributed by atoms with Crippen LogP contribution in [0.4, 0.5) is 18.3 Å². The summed E-state index contributed by atoms with van der Waals surface area (Å²) in [7, 11) is 0. The van der Waals surface area contributed by atoms with Crippen LogP contribution in [0, 0.1) is 12.3 Å². The van der Waals surface area contributed by atoms with E-state index in [0.717, 1.165) is 29.5 Å². The third-order valence-electron chi connectivity index (χ3n) is 6.69. The summed E-state index contributed by atoms with van der Waals surface area (Å²) in [5, 5.41) is 29.6. The molecule has 1 saturated heterocycles. The number of aromatic nitrogens is 5. The molecule has 3 aliphatic rings. The number of aliphatic carboxylic acids is 1. The fraction of sp³-hybridized carbons (Fsp3) is 0.458. The van der Waals surface area contributed by atoms with Gasteiger partial charge in [-0.3, -0.25) is 24.6 Å². The number of nitrogens with one attached hydrogen (secondary N) is 2. The Hall–Kier alpha value is -4.16. The van der Waals surface area contributed by atoms with E-state index in [-0.39, 0.29) is 35.5 Å². The van der Waals surface area contributed by atoms with E-state index in [4.69, 9.17) is 11.3 Å². The average Bonchev–Trinajstić information content (AvgIpc) is 3.77. The summed E-state index contributed by atoms with van der Waals surface area (Å²) in [6.45, 7) is 0.115. The van der Waals surface area contributed by atoms with Crippen molar-refractivity contribution in [1.82, 2.24) is 35.4 Å². The zero-order chi connectivity index (χ0) is 32.3. The topological polar surface area (TPSA) is 194 Å². The second kappa shape index (κ2) is 13.5. The standard InChI is InChI=1S/C24H22F3N9O6S3/c1-2-7-35-23(31-33-34-35)45-9-11-8-43-19-15(18(38)36(19)16(11)20(39)40)29-17(37)14(32-42-12-5-3-4-6-12)13-10-44-22(28-13)30-21(41)24(25,26)27/h1,10,12,15,19H,3-9H2,(H,29,37)(H,39,40)(H,28,30,41)/b32-14-/t15?,19-/m1/s1. The summed E-state index contributed by atoms with van der Waals surface area (Å²) in [6.07, 6.45) is 3.01. The van der Waals surface area contributed by atoms with Crippen LogP contribution < -0.4 is 10.6 Å². The highest BCUT2D eigenvalue weighted by Gasteiger charge is 2.54. The molecule has 2 aromatic rings. The fourth-order valence-electron chi connectivity index (χ4n) is 4.57. The van der Waals surface area contributed by atoms with Gasteiger partial charge in [-0.25, -0.2) is 14.5 Å². The van der Waals surface area contributed by atoms with E-state index in [1.165, 1.54) is 21.8 Å². The van der Waals surface area contributed by atoms with Gasteiger partial charge in [0.2, 0.25) is 5.16 Å². The Labute approximate surface area is 264 Å². The lowest BCUT2D eigenvalue weighted by Crippen LogP contribution is -2.71. The Morgan fingerprint density at radius 1 is 1.29 bits per heavy atom. The number of anilines is 1. The van der Waals surface area contributed by atoms with E-state index in [0.29, 0.717) is 34.9 Å². The highest BCUT2D eigenvalue weighted by atomic mass is 32.2. The summed E-state index contributed by atoms with van der Waals surface area (Å²) in [5.41, 5.74) is -0.398. The van der Waals surface area contributed by atoms with Crippen molar-refractivity contribution in [3.05, 3.63) is 22.3 Å². The van der Waals surface area contributed by atoms with Crippen molar-refractivity contribution in [3.8, 4) is 12.3 Å². The van der Waals surface area contributed by atoms with Crippen molar-refractivity contribution >= 4 is 69.4 Å². The van der Waals surface area contributed by atoms with Gasteiger partial charge in [-0.15, -0.1) is 34.6 Å². The molecular weight excluding hydrogens is 664 g/mol. The fourth-order valence-corrected chi connectivity index (χ4v) is 7.63. The molecule has 3 amide bonds. The predicted molar refractivity (Wildman–Crippen MR) is 154 cm³/mol. The molecule has 1 unspecified atom stereocenters. The molecular formula is C24H22F3N9O6S3. The number of carbonyl (C=O) groups excluding carboxylic acids is 3. The predicted octanol–water partition coefficient (Wildman–Crippen LogP) is 1.46. The summed E-state index contributed by atoms with van der Waals surface area (Å²) < 4.78 is 39.5. The monoisotopic (exact) mass is 685 g/mol. The lowest BCUT2D eigenvalue weighted by Gasteiger charge is -2.49. The zero-order valence-corrected chi connectivity index (χ0v) is 25.3. The highest BCUT2D eigenvalue weighted by molar-refractivity contribution is 8.01. The molecule has 1 aliphatic carbocycles. The van der Waals surface area contributed by atoms with Gasteiger partial charge in [-0.1, -0.05) is 22.8 Å². The lowest BCUT2D eigenvalue weighted by atomic mass is 10.0. The Morgan fingerprint density at radius 3 is 2.73 bits per heavy atom. The Balaban J connectivity index is 1.31. The van der Waals surface area contributed by atoms with Crippen LogP contribution in [-0.4, -0.2) is 99.8 Å². The van der Waals surface area contributed by atoms with E-state index < -0.39 is 52.1 Å². The molecule has 4 heterocycles. The Morgan fingerprint density at radius 2 is 2.04 bits per heavy atom. The number of amides is 3. The second-order valence-electron chi connectivity index (χ2n) is 9.67. The van der Waals surface area contributed by atoms with Crippen molar-refractivity contribution in [1.29, 1.82) is 0 Å². The molecule has 0 spiro atoms. The lowest BCUT2D eigenvalue weighted by molar-refractivity contribution is -0.167. The van der Waals surface area contributed by atoms with Gasteiger partial charge in [0, 0.05) is 16.9 Å². The van der Waals surface area contributed by atoms with Crippen LogP contribution in [0.3, 0.4) is 0 Å². The summed E-state index contributed by atoms with van der Waals surface area (Å²) in [6, 6.07) is -1.14. The van der Waals surface area contributed by atoms with Crippen LogP contribution in [0.15, 0.2) is 27.0 Å². The van der Waals surface area contributed by atoms with Gasteiger partial charge in [0.15, 0.2) is 10.8 Å². The van der Waals surface area contributed by atoms with Crippen molar-refractivity contribution in [3.63, 3.8) is 0 Å². The number of carbonyl (C=O) groups is 4. The van der Waals surface area contributed by atoms with E-state index in [1.807, 2.05) is 0 Å². The smallest absolute Gasteiger partial charge is 0.471 e. The average molecular weight is 686 g/mol. The van der Waals surface area contributed by atoms with Crippen LogP contribution in [0.5, 0.6) is 0 Å². The maximum Gasteiger partial charge on any atom is 0.471 e. The highest BCUT2D eigenvalue weighted by Crippen LogP contribution is 2.41. The molecule has 0 aromatic carbocycles. The second-order valence-corrected chi connectivity index (χ2v) is 12.6. The number of thiazole rings is 1. The quantitative estimate of drug-likeness (QED) is 0.102. The number of halogens is 3. The first-order valence-corrected chi connectivity index (χ1v) is 16.0. The maximum absolute atomic E-state index is 13.4. The molecule has 3 N–H and O–H groups in total. The first-order chi connectivity index (χ1) is 21.5. The van der Waals surface area contributed by atoms with Gasteiger partial charge in [0.1, 0.15) is 35.5 Å². The van der Waals surface area contributed by atoms with Gasteiger partial charge < -0.3 is 15.3 Å². The van der Waals surface area contributed by atoms with Crippen molar-refractivity contribution in [2.24, 2.45) is 5.16 Å². The van der Waals surface area contributed by atoms with E-state index in [1.54, 1.807) is 5.32 Å². The summed E-state index contributed by atoms with van der Waals surface area (Å²) in [4.78, 5) is 60.6. The molecule has 0 bridgehead atoms. The van der Waals surface area contributed by atoms with Gasteiger partial charge in [0.05, 0.1) is 0 Å². The molecule has 2 aromatic heterocycles. The zero-order valence-electron chi connectivity index (χ0n) is 22.8. The normalized spacial score (nSPS) is 20.4. The number of alkyl halides is 3. The molecule has 1 saturated carbocycles. The first kappa shape index (κ1) is 32.2. The first-order valence-electron chi connectivity index (χ1n) is 13.1. The minimum Gasteiger partial charge on any atom is -0.477 e. The molecule has 2 atom stereocenters. The van der Waals surface area contributed by atoms with Gasteiger partial charge >= 0.3 is 18.1 Å². The number of hydrogen-bond acceptors (Lipinski definition) is 13. The molecule has 2 aliphatic heterocycles. The molecule has 5 rings (SSSR count). The van der Waals surface area contributed by atoms with Crippen molar-refractivity contribution < 1.29 is 42.3 Å². The number of thioether (sulfide) groups is 2. The van der Waals surface area contributed by atoms with E-state index in [9.17, 15) is 37.5 Å². The number of hydrogen-bond donors (Lipinski definition) is 3. The van der Waals surface area contributed by atoms with Gasteiger partial charge in [0.25, 0.3) is 11.8 Å². The number of rotatable bonds is 11. The molecule has 15 nitrogen and oxygen atoms in total. The molecule has 21 heteroatoms. The summed E-state index contributed by atoms with van der Waals surface area (Å²) in [5.74, 6) is -2.41. The Bertz CT molecular complexity index is 1610. The number of β-lactam (4-membered cyclic amide) rings is 1. The molecule has 0 radical (unpaired) electrons. The van der Waals surface area contributed by atoms with Crippen LogP contribution >= 0.6 is 34.9 Å². The van der Waals surface area contributed by atoms with Crippen LogP contribution in [0.25, 0.3) is 0 Å². The van der Waals surface area contributed by atoms with Crippen LogP contribution in [0.2, 0.25) is 0 Å². The molecule has 2 fully saturated rings. The van der Waals surface area contributed by atoms with Crippen LogP contribution in [-0.2, 0) is 30.6 Å². The SMILES string of the molecule is C#CCn1nnnc1SCC1=C(C(=O)O)N2C(=O)C(NC(=O)/C(=N\OC3CCCC3)c3csc(NC(=O)C(F)(F)F)n3)[C@H]2SC1. The number of fused-ring (bicyclic) bond motifs is 1. The molecule has 45 heavy (non-hydrogen) atoms. The number of terminal acetylenes is 1. The largest absolute Gasteiger partial charge is 0.477 e. The van der Waals surface area contributed by atoms with Gasteiger partial charge in [-0.2, -0.15) is 13.2 Å². The van der Waals surface area contributed by atoms with E-state index in [2.05, 4.69) is 36.9 Å². The van der Waals surface area contributed by atoms with E-state index >= 15 is 0 Å². The van der Waals surface area contributed by atoms with Crippen molar-refractivity contribution in [2.75, 3.05) is 16.8 Å². The number of carboxylic acid groups (broad SMARTS) is 1. The van der Waals surface area contributed by atoms with Gasteiger partial charge in [-0.05, 0) is 41.7 Å².